The second kappa shape index (κ2) is 18.5. The Morgan fingerprint density at radius 1 is 0.524 bits per heavy atom. The van der Waals surface area contributed by atoms with Crippen LogP contribution in [0.5, 0.6) is 0 Å². The summed E-state index contributed by atoms with van der Waals surface area (Å²) in [6.45, 7) is 12.6. The highest BCUT2D eigenvalue weighted by Crippen LogP contribution is 2.34. The minimum atomic E-state index is -0.506. The summed E-state index contributed by atoms with van der Waals surface area (Å²) >= 11 is 0. The number of aromatic nitrogens is 2. The summed E-state index contributed by atoms with van der Waals surface area (Å²) < 4.78 is 4.57. The molecule has 0 fully saturated rings. The Balaban J connectivity index is 1.07. The van der Waals surface area contributed by atoms with E-state index in [2.05, 4.69) is 113 Å². The van der Waals surface area contributed by atoms with Gasteiger partial charge in [0.15, 0.2) is 5.78 Å². The summed E-state index contributed by atoms with van der Waals surface area (Å²) in [6, 6.07) is 41.3. The molecule has 0 aliphatic heterocycles. The van der Waals surface area contributed by atoms with Crippen molar-refractivity contribution in [2.45, 2.75) is 86.7 Å². The molecular weight excluding hydrogens is 785 g/mol. The smallest absolute Gasteiger partial charge is 0.331 e. The molecule has 0 unspecified atom stereocenters. The number of carbonyl (C=O) groups excluding carboxylic acids is 3. The van der Waals surface area contributed by atoms with Crippen LogP contribution in [-0.4, -0.2) is 38.3 Å². The van der Waals surface area contributed by atoms with Crippen molar-refractivity contribution < 1.29 is 24.1 Å². The van der Waals surface area contributed by atoms with Gasteiger partial charge in [-0.1, -0.05) is 77.0 Å². The summed E-state index contributed by atoms with van der Waals surface area (Å²) in [5.41, 5.74) is 13.4. The van der Waals surface area contributed by atoms with Crippen molar-refractivity contribution in [3.63, 3.8) is 0 Å². The van der Waals surface area contributed by atoms with E-state index < -0.39 is 11.9 Å². The normalized spacial score (nSPS) is 12.2. The van der Waals surface area contributed by atoms with Crippen LogP contribution in [0.15, 0.2) is 132 Å². The number of nitrogens with zero attached hydrogens (tertiary/aromatic N) is 4. The zero-order chi connectivity index (χ0) is 44.2. The van der Waals surface area contributed by atoms with Gasteiger partial charge in [-0.25, -0.2) is 9.59 Å². The maximum atomic E-state index is 13.7. The molecule has 8 rings (SSSR count). The number of rotatable bonds is 15. The maximum Gasteiger partial charge on any atom is 0.331 e. The molecule has 2 aromatic heterocycles. The average Bonchev–Trinajstić information content (AvgIpc) is 3.77. The summed E-state index contributed by atoms with van der Waals surface area (Å²) in [4.78, 5) is 48.3. The molecule has 9 nitrogen and oxygen atoms in total. The van der Waals surface area contributed by atoms with E-state index in [1.807, 2.05) is 55.5 Å². The maximum absolute atomic E-state index is 13.7. The van der Waals surface area contributed by atoms with E-state index in [1.54, 1.807) is 0 Å². The van der Waals surface area contributed by atoms with Gasteiger partial charge in [0.1, 0.15) is 0 Å². The van der Waals surface area contributed by atoms with E-state index in [9.17, 15) is 14.4 Å². The predicted molar refractivity (Wildman–Crippen MR) is 254 cm³/mol. The van der Waals surface area contributed by atoms with Crippen LogP contribution in [0.1, 0.15) is 103 Å². The number of hydrogen-bond acceptors (Lipinski definition) is 7. The van der Waals surface area contributed by atoms with Crippen LogP contribution in [0.25, 0.3) is 43.6 Å². The molecule has 0 radical (unpaired) electrons. The fourth-order valence-corrected chi connectivity index (χ4v) is 8.87. The molecule has 8 aromatic rings. The Bertz CT molecular complexity index is 3130. The third kappa shape index (κ3) is 8.82. The third-order valence-electron chi connectivity index (χ3n) is 12.0. The number of fused-ring (bicyclic) bond motifs is 6. The van der Waals surface area contributed by atoms with Gasteiger partial charge in [-0.3, -0.25) is 4.79 Å². The first-order chi connectivity index (χ1) is 30.5. The highest BCUT2D eigenvalue weighted by Gasteiger charge is 2.19. The number of aryl methyl sites for hydroxylation is 4. The van der Waals surface area contributed by atoms with Gasteiger partial charge in [-0.2, -0.15) is 0 Å². The average molecular weight is 837 g/mol. The number of carbonyl (C=O) groups is 3. The van der Waals surface area contributed by atoms with Crippen LogP contribution in [0.3, 0.4) is 0 Å². The summed E-state index contributed by atoms with van der Waals surface area (Å²) in [6.07, 6.45) is 3.26. The lowest BCUT2D eigenvalue weighted by atomic mass is 9.96. The standard InChI is InChI=1S/C54H52N4O5/c1-7-57-50-25-21-38(29-39-17-11-9-15-34(39)3)30-44(50)45-31-40(22-26-51(45)57)48(55-62-36(5)59)19-13-14-20-49(56-63-37(6)60)41-23-27-52-46(32-41)47-33-42(24-28-53(47)58(52)8-2)54(61)43-18-12-10-16-35(43)4/h9-12,15-18,21-28,30-33H,7-8,13-14,19-20,29H2,1-6H3. The van der Waals surface area contributed by atoms with Crippen molar-refractivity contribution in [1.29, 1.82) is 0 Å². The Labute approximate surface area is 367 Å². The van der Waals surface area contributed by atoms with Crippen LogP contribution in [0.4, 0.5) is 0 Å². The van der Waals surface area contributed by atoms with Crippen molar-refractivity contribution in [1.82, 2.24) is 9.13 Å². The number of hydrogen-bond donors (Lipinski definition) is 0. The first-order valence-corrected chi connectivity index (χ1v) is 21.8. The largest absolute Gasteiger partial charge is 0.341 e. The topological polar surface area (TPSA) is 104 Å². The second-order valence-corrected chi connectivity index (χ2v) is 16.2. The highest BCUT2D eigenvalue weighted by molar-refractivity contribution is 6.16. The van der Waals surface area contributed by atoms with E-state index in [0.29, 0.717) is 48.2 Å². The van der Waals surface area contributed by atoms with Gasteiger partial charge in [-0.15, -0.1) is 0 Å². The molecule has 6 aromatic carbocycles. The molecular formula is C54H52N4O5. The number of oxime groups is 2. The predicted octanol–water partition coefficient (Wildman–Crippen LogP) is 12.2. The Morgan fingerprint density at radius 3 is 1.46 bits per heavy atom. The van der Waals surface area contributed by atoms with Gasteiger partial charge in [0, 0.05) is 92.8 Å². The molecule has 318 valence electrons. The van der Waals surface area contributed by atoms with Gasteiger partial charge in [0.25, 0.3) is 0 Å². The summed E-state index contributed by atoms with van der Waals surface area (Å²) in [5.74, 6) is -1.01. The third-order valence-corrected chi connectivity index (χ3v) is 12.0. The Kier molecular flexibility index (Phi) is 12.5. The lowest BCUT2D eigenvalue weighted by Gasteiger charge is -2.10. The highest BCUT2D eigenvalue weighted by atomic mass is 16.7. The number of benzene rings is 6. The molecule has 0 spiro atoms. The molecule has 63 heavy (non-hydrogen) atoms. The van der Waals surface area contributed by atoms with E-state index in [0.717, 1.165) is 68.9 Å². The molecule has 0 atom stereocenters. The summed E-state index contributed by atoms with van der Waals surface area (Å²) in [5, 5.41) is 13.0. The quantitative estimate of drug-likeness (QED) is 0.0336. The number of ketones is 1. The zero-order valence-electron chi connectivity index (χ0n) is 36.8. The fourth-order valence-electron chi connectivity index (χ4n) is 8.87. The van der Waals surface area contributed by atoms with Gasteiger partial charge in [0.05, 0.1) is 11.4 Å². The Hall–Kier alpha value is -7.13. The van der Waals surface area contributed by atoms with Gasteiger partial charge >= 0.3 is 11.9 Å². The first-order valence-electron chi connectivity index (χ1n) is 21.8. The molecule has 0 aliphatic carbocycles. The van der Waals surface area contributed by atoms with Crippen molar-refractivity contribution in [3.8, 4) is 0 Å². The van der Waals surface area contributed by atoms with E-state index in [-0.39, 0.29) is 5.78 Å². The van der Waals surface area contributed by atoms with E-state index in [4.69, 9.17) is 9.68 Å². The molecule has 0 saturated heterocycles. The summed E-state index contributed by atoms with van der Waals surface area (Å²) in [7, 11) is 0. The number of unbranched alkanes of at least 4 members (excludes halogenated alkanes) is 1. The molecule has 0 N–H and O–H groups in total. The lowest BCUT2D eigenvalue weighted by Crippen LogP contribution is -2.07. The van der Waals surface area contributed by atoms with Gasteiger partial charge in [0.2, 0.25) is 0 Å². The molecule has 0 bridgehead atoms. The molecule has 2 heterocycles. The molecule has 0 saturated carbocycles. The van der Waals surface area contributed by atoms with Crippen LogP contribution >= 0.6 is 0 Å². The van der Waals surface area contributed by atoms with E-state index >= 15 is 0 Å². The minimum absolute atomic E-state index is 0.0204. The zero-order valence-corrected chi connectivity index (χ0v) is 36.8. The molecule has 0 amide bonds. The van der Waals surface area contributed by atoms with Crippen LogP contribution in [0, 0.1) is 13.8 Å². The Morgan fingerprint density at radius 2 is 0.968 bits per heavy atom. The molecule has 9 heteroatoms. The van der Waals surface area contributed by atoms with Crippen molar-refractivity contribution in [2.24, 2.45) is 10.3 Å². The van der Waals surface area contributed by atoms with Crippen LogP contribution in [-0.2, 0) is 38.8 Å². The van der Waals surface area contributed by atoms with Crippen LogP contribution < -0.4 is 0 Å². The minimum Gasteiger partial charge on any atom is -0.341 e. The second-order valence-electron chi connectivity index (χ2n) is 16.2. The van der Waals surface area contributed by atoms with Crippen LogP contribution in [0.2, 0.25) is 0 Å². The monoisotopic (exact) mass is 836 g/mol. The SMILES string of the molecule is CCn1c2ccc(Cc3ccccc3C)cc2c2cc(C(CCCCC(=NOC(C)=O)c3ccc4c(c3)c3cc(C(=O)c5ccccc5C)ccc3n4CC)=NOC(C)=O)ccc21. The van der Waals surface area contributed by atoms with E-state index in [1.165, 1.54) is 41.4 Å². The van der Waals surface area contributed by atoms with Gasteiger partial charge in [-0.05, 0) is 137 Å². The lowest BCUT2D eigenvalue weighted by molar-refractivity contribution is -0.141. The van der Waals surface area contributed by atoms with Crippen molar-refractivity contribution in [3.05, 3.63) is 166 Å². The van der Waals surface area contributed by atoms with Crippen molar-refractivity contribution in [2.75, 3.05) is 0 Å². The first kappa shape index (κ1) is 42.6. The fraction of sp³-hybridized carbons (Fsp3) is 0.241. The van der Waals surface area contributed by atoms with Crippen molar-refractivity contribution >= 4 is 72.8 Å². The molecule has 0 aliphatic rings. The van der Waals surface area contributed by atoms with Gasteiger partial charge < -0.3 is 18.8 Å².